The maximum absolute atomic E-state index is 11.0. The summed E-state index contributed by atoms with van der Waals surface area (Å²) in [6.45, 7) is 1.84. The molecule has 0 heterocycles. The van der Waals surface area contributed by atoms with Crippen molar-refractivity contribution in [2.75, 3.05) is 19.6 Å². The van der Waals surface area contributed by atoms with E-state index < -0.39 is 5.97 Å². The van der Waals surface area contributed by atoms with E-state index in [2.05, 4.69) is 10.5 Å². The smallest absolute Gasteiger partial charge is 0.335 e. The summed E-state index contributed by atoms with van der Waals surface area (Å²) in [5.74, 6) is 0.285. The van der Waals surface area contributed by atoms with Crippen molar-refractivity contribution < 1.29 is 19.4 Å². The summed E-state index contributed by atoms with van der Waals surface area (Å²) in [7, 11) is 3.15. The van der Waals surface area contributed by atoms with Gasteiger partial charge < -0.3 is 14.6 Å². The molecule has 23 heavy (non-hydrogen) atoms. The molecule has 0 unspecified atom stereocenters. The van der Waals surface area contributed by atoms with Crippen LogP contribution in [-0.2, 0) is 0 Å². The van der Waals surface area contributed by atoms with Gasteiger partial charge in [0.05, 0.1) is 31.2 Å². The van der Waals surface area contributed by atoms with Gasteiger partial charge in [-0.15, -0.1) is 0 Å². The molecule has 0 spiro atoms. The van der Waals surface area contributed by atoms with E-state index >= 15 is 0 Å². The molecule has 2 rings (SSSR count). The first kappa shape index (κ1) is 16.4. The van der Waals surface area contributed by atoms with Gasteiger partial charge in [0, 0.05) is 5.56 Å². The molecule has 0 aliphatic heterocycles. The summed E-state index contributed by atoms with van der Waals surface area (Å²) < 4.78 is 10.5. The molecule has 0 aromatic heterocycles. The maximum Gasteiger partial charge on any atom is 0.335 e. The Balaban J connectivity index is 2.20. The summed E-state index contributed by atoms with van der Waals surface area (Å²) in [5, 5.41) is 13.3. The molecule has 0 amide bonds. The van der Waals surface area contributed by atoms with Gasteiger partial charge in [0.25, 0.3) is 0 Å². The SMILES string of the molecule is COc1ccc(C(C)=NNc2cccc(C(=O)O)c2)cc1OC. The molecule has 6 nitrogen and oxygen atoms in total. The number of hydrazone groups is 1. The Bertz CT molecular complexity index is 741. The topological polar surface area (TPSA) is 80.2 Å². The van der Waals surface area contributed by atoms with Gasteiger partial charge in [-0.1, -0.05) is 6.07 Å². The number of ether oxygens (including phenoxy) is 2. The van der Waals surface area contributed by atoms with Crippen LogP contribution in [0, 0.1) is 0 Å². The molecule has 0 radical (unpaired) electrons. The quantitative estimate of drug-likeness (QED) is 0.632. The number of rotatable bonds is 6. The molecule has 2 aromatic carbocycles. The van der Waals surface area contributed by atoms with E-state index in [1.165, 1.54) is 12.1 Å². The number of hydrogen-bond acceptors (Lipinski definition) is 5. The summed E-state index contributed by atoms with van der Waals surface area (Å²) >= 11 is 0. The highest BCUT2D eigenvalue weighted by Crippen LogP contribution is 2.27. The van der Waals surface area contributed by atoms with Gasteiger partial charge in [-0.3, -0.25) is 5.43 Å². The molecule has 0 saturated heterocycles. The molecule has 0 atom stereocenters. The first-order valence-electron chi connectivity index (χ1n) is 6.91. The maximum atomic E-state index is 11.0. The Hall–Kier alpha value is -3.02. The fraction of sp³-hybridized carbons (Fsp3) is 0.176. The summed E-state index contributed by atoms with van der Waals surface area (Å²) in [5.41, 5.74) is 5.25. The highest BCUT2D eigenvalue weighted by molar-refractivity contribution is 5.99. The predicted molar refractivity (Wildman–Crippen MR) is 88.8 cm³/mol. The molecule has 6 heteroatoms. The Morgan fingerprint density at radius 3 is 2.43 bits per heavy atom. The van der Waals surface area contributed by atoms with Crippen molar-refractivity contribution in [1.29, 1.82) is 0 Å². The summed E-state index contributed by atoms with van der Waals surface area (Å²) in [6, 6.07) is 12.0. The van der Waals surface area contributed by atoms with E-state index in [1.807, 2.05) is 19.1 Å². The first-order valence-corrected chi connectivity index (χ1v) is 6.91. The van der Waals surface area contributed by atoms with Crippen LogP contribution in [-0.4, -0.2) is 31.0 Å². The van der Waals surface area contributed by atoms with Crippen molar-refractivity contribution in [3.63, 3.8) is 0 Å². The van der Waals surface area contributed by atoms with E-state index in [-0.39, 0.29) is 5.56 Å². The second-order valence-corrected chi connectivity index (χ2v) is 4.76. The minimum Gasteiger partial charge on any atom is -0.493 e. The van der Waals surface area contributed by atoms with Gasteiger partial charge in [-0.25, -0.2) is 4.79 Å². The van der Waals surface area contributed by atoms with Crippen molar-refractivity contribution in [3.05, 3.63) is 53.6 Å². The Morgan fingerprint density at radius 1 is 1.04 bits per heavy atom. The Morgan fingerprint density at radius 2 is 1.78 bits per heavy atom. The molecule has 120 valence electrons. The van der Waals surface area contributed by atoms with E-state index in [4.69, 9.17) is 14.6 Å². The Kier molecular flexibility index (Phi) is 5.19. The van der Waals surface area contributed by atoms with Crippen LogP contribution in [0.4, 0.5) is 5.69 Å². The number of carboxylic acids is 1. The first-order chi connectivity index (χ1) is 11.0. The van der Waals surface area contributed by atoms with E-state index in [0.29, 0.717) is 17.2 Å². The molecule has 0 aliphatic rings. The van der Waals surface area contributed by atoms with Gasteiger partial charge in [-0.05, 0) is 43.3 Å². The molecule has 2 N–H and O–H groups in total. The van der Waals surface area contributed by atoms with E-state index in [1.54, 1.807) is 32.4 Å². The molecular formula is C17H18N2O4. The average molecular weight is 314 g/mol. The zero-order valence-electron chi connectivity index (χ0n) is 13.2. The highest BCUT2D eigenvalue weighted by atomic mass is 16.5. The summed E-state index contributed by atoms with van der Waals surface area (Å²) in [4.78, 5) is 11.0. The lowest BCUT2D eigenvalue weighted by molar-refractivity contribution is 0.0697. The van der Waals surface area contributed by atoms with Crippen molar-refractivity contribution in [2.45, 2.75) is 6.92 Å². The van der Waals surface area contributed by atoms with Crippen LogP contribution in [0.15, 0.2) is 47.6 Å². The van der Waals surface area contributed by atoms with Crippen LogP contribution >= 0.6 is 0 Å². The van der Waals surface area contributed by atoms with Crippen LogP contribution < -0.4 is 14.9 Å². The van der Waals surface area contributed by atoms with Gasteiger partial charge in [0.2, 0.25) is 0 Å². The van der Waals surface area contributed by atoms with Gasteiger partial charge in [0.15, 0.2) is 11.5 Å². The van der Waals surface area contributed by atoms with Crippen LogP contribution in [0.25, 0.3) is 0 Å². The lowest BCUT2D eigenvalue weighted by Gasteiger charge is -2.10. The highest BCUT2D eigenvalue weighted by Gasteiger charge is 2.07. The van der Waals surface area contributed by atoms with E-state index in [9.17, 15) is 4.79 Å². The zero-order chi connectivity index (χ0) is 16.8. The van der Waals surface area contributed by atoms with Gasteiger partial charge >= 0.3 is 5.97 Å². The zero-order valence-corrected chi connectivity index (χ0v) is 13.2. The fourth-order valence-corrected chi connectivity index (χ4v) is 2.00. The van der Waals surface area contributed by atoms with Crippen molar-refractivity contribution in [2.24, 2.45) is 5.10 Å². The number of benzene rings is 2. The number of methoxy groups -OCH3 is 2. The fourth-order valence-electron chi connectivity index (χ4n) is 2.00. The number of aromatic carboxylic acids is 1. The number of anilines is 1. The molecular weight excluding hydrogens is 296 g/mol. The van der Waals surface area contributed by atoms with E-state index in [0.717, 1.165) is 11.3 Å². The third-order valence-electron chi connectivity index (χ3n) is 3.26. The number of carbonyl (C=O) groups is 1. The molecule has 0 saturated carbocycles. The molecule has 0 aliphatic carbocycles. The van der Waals surface area contributed by atoms with Gasteiger partial charge in [-0.2, -0.15) is 5.10 Å². The molecule has 0 bridgehead atoms. The lowest BCUT2D eigenvalue weighted by atomic mass is 10.1. The number of hydrogen-bond donors (Lipinski definition) is 2. The monoisotopic (exact) mass is 314 g/mol. The minimum atomic E-state index is -0.978. The van der Waals surface area contributed by atoms with Crippen LogP contribution in [0.2, 0.25) is 0 Å². The van der Waals surface area contributed by atoms with Crippen molar-refractivity contribution >= 4 is 17.4 Å². The third kappa shape index (κ3) is 4.00. The number of nitrogens with one attached hydrogen (secondary N) is 1. The molecule has 0 fully saturated rings. The number of nitrogens with zero attached hydrogens (tertiary/aromatic N) is 1. The summed E-state index contributed by atoms with van der Waals surface area (Å²) in [6.07, 6.45) is 0. The lowest BCUT2D eigenvalue weighted by Crippen LogP contribution is -2.02. The minimum absolute atomic E-state index is 0.203. The number of carboxylic acid groups (broad SMARTS) is 1. The predicted octanol–water partition coefficient (Wildman–Crippen LogP) is 3.24. The van der Waals surface area contributed by atoms with Crippen molar-refractivity contribution in [1.82, 2.24) is 0 Å². The van der Waals surface area contributed by atoms with Gasteiger partial charge in [0.1, 0.15) is 0 Å². The second-order valence-electron chi connectivity index (χ2n) is 4.76. The van der Waals surface area contributed by atoms with Crippen LogP contribution in [0.1, 0.15) is 22.8 Å². The standard InChI is InChI=1S/C17H18N2O4/c1-11(12-7-8-15(22-2)16(10-12)23-3)18-19-14-6-4-5-13(9-14)17(20)21/h4-10,19H,1-3H3,(H,20,21). The van der Waals surface area contributed by atoms with Crippen LogP contribution in [0.5, 0.6) is 11.5 Å². The normalized spacial score (nSPS) is 11.0. The van der Waals surface area contributed by atoms with Crippen molar-refractivity contribution in [3.8, 4) is 11.5 Å². The van der Waals surface area contributed by atoms with Crippen LogP contribution in [0.3, 0.4) is 0 Å². The largest absolute Gasteiger partial charge is 0.493 e. The second kappa shape index (κ2) is 7.31. The average Bonchev–Trinajstić information content (AvgIpc) is 2.59. The molecule has 2 aromatic rings. The third-order valence-corrected chi connectivity index (χ3v) is 3.26. The Labute approximate surface area is 134 Å².